The van der Waals surface area contributed by atoms with Gasteiger partial charge in [-0.2, -0.15) is 0 Å². The van der Waals surface area contributed by atoms with Crippen LogP contribution < -0.4 is 5.32 Å². The second-order valence-electron chi connectivity index (χ2n) is 5.71. The summed E-state index contributed by atoms with van der Waals surface area (Å²) in [7, 11) is 0. The van der Waals surface area contributed by atoms with E-state index in [1.54, 1.807) is 37.5 Å². The lowest BCUT2D eigenvalue weighted by atomic mass is 9.81. The van der Waals surface area contributed by atoms with Crippen LogP contribution in [0.25, 0.3) is 5.57 Å². The minimum Gasteiger partial charge on any atom is -0.480 e. The van der Waals surface area contributed by atoms with E-state index in [1.165, 1.54) is 6.08 Å². The van der Waals surface area contributed by atoms with Crippen molar-refractivity contribution < 1.29 is 14.7 Å². The molecule has 118 valence electrons. The van der Waals surface area contributed by atoms with E-state index in [4.69, 9.17) is 11.6 Å². The second kappa shape index (κ2) is 5.28. The summed E-state index contributed by atoms with van der Waals surface area (Å²) in [5, 5.41) is 13.0. The largest absolute Gasteiger partial charge is 0.480 e. The minimum absolute atomic E-state index is 0.325. The molecular weight excluding hydrogens is 316 g/mol. The van der Waals surface area contributed by atoms with Gasteiger partial charge in [0.25, 0.3) is 5.91 Å². The van der Waals surface area contributed by atoms with E-state index >= 15 is 0 Å². The highest BCUT2D eigenvalue weighted by molar-refractivity contribution is 6.35. The molecule has 1 amide bonds. The highest BCUT2D eigenvalue weighted by atomic mass is 35.5. The smallest absolute Gasteiger partial charge is 0.317 e. The van der Waals surface area contributed by atoms with Crippen molar-refractivity contribution in [2.75, 3.05) is 5.32 Å². The molecule has 0 bridgehead atoms. The first-order valence-electron chi connectivity index (χ1n) is 7.05. The Morgan fingerprint density at radius 2 is 2.09 bits per heavy atom. The first-order valence-corrected chi connectivity index (χ1v) is 7.42. The number of carbonyl (C=O) groups excluding carboxylic acids is 1. The van der Waals surface area contributed by atoms with Crippen LogP contribution in [0.5, 0.6) is 0 Å². The molecule has 0 fully saturated rings. The van der Waals surface area contributed by atoms with Crippen LogP contribution in [0.2, 0.25) is 5.02 Å². The fourth-order valence-corrected chi connectivity index (χ4v) is 2.94. The van der Waals surface area contributed by atoms with Gasteiger partial charge in [-0.1, -0.05) is 11.6 Å². The maximum absolute atomic E-state index is 12.3. The number of carboxylic acid groups (broad SMARTS) is 1. The average molecular weight is 331 g/mol. The molecule has 1 unspecified atom stereocenters. The van der Waals surface area contributed by atoms with E-state index in [0.717, 1.165) is 5.56 Å². The number of hydrogen-bond donors (Lipinski definition) is 3. The van der Waals surface area contributed by atoms with Gasteiger partial charge in [-0.05, 0) is 49.2 Å². The van der Waals surface area contributed by atoms with Gasteiger partial charge in [0.1, 0.15) is 5.41 Å². The number of amides is 1. The lowest BCUT2D eigenvalue weighted by molar-refractivity contribution is -0.141. The molecule has 0 saturated heterocycles. The Morgan fingerprint density at radius 3 is 2.70 bits per heavy atom. The molecule has 6 heteroatoms. The van der Waals surface area contributed by atoms with E-state index in [9.17, 15) is 14.7 Å². The van der Waals surface area contributed by atoms with Gasteiger partial charge in [0.15, 0.2) is 0 Å². The van der Waals surface area contributed by atoms with Gasteiger partial charge in [-0.25, -0.2) is 0 Å². The van der Waals surface area contributed by atoms with Crippen LogP contribution in [0.3, 0.4) is 0 Å². The van der Waals surface area contributed by atoms with Crippen molar-refractivity contribution in [3.63, 3.8) is 0 Å². The van der Waals surface area contributed by atoms with Gasteiger partial charge in [0.05, 0.1) is 0 Å². The summed E-state index contributed by atoms with van der Waals surface area (Å²) in [5.41, 5.74) is 1.61. The van der Waals surface area contributed by atoms with Crippen molar-refractivity contribution in [1.82, 2.24) is 4.98 Å². The number of aliphatic carboxylic acids is 1. The van der Waals surface area contributed by atoms with E-state index in [1.807, 2.05) is 6.92 Å². The molecule has 1 aromatic carbocycles. The molecule has 0 radical (unpaired) electrons. The van der Waals surface area contributed by atoms with E-state index in [-0.39, 0.29) is 5.91 Å². The number of carbonyl (C=O) groups is 2. The number of aromatic amines is 1. The maximum atomic E-state index is 12.3. The number of rotatable bonds is 3. The van der Waals surface area contributed by atoms with Gasteiger partial charge in [0.2, 0.25) is 0 Å². The first-order chi connectivity index (χ1) is 10.8. The number of carboxylic acids is 1. The Morgan fingerprint density at radius 1 is 1.35 bits per heavy atom. The molecule has 0 aliphatic carbocycles. The zero-order valence-electron chi connectivity index (χ0n) is 12.6. The summed E-state index contributed by atoms with van der Waals surface area (Å²) in [6, 6.07) is 5.11. The third-order valence-corrected chi connectivity index (χ3v) is 4.65. The lowest BCUT2D eigenvalue weighted by Crippen LogP contribution is -2.30. The normalized spacial score (nSPS) is 17.7. The van der Waals surface area contributed by atoms with Crippen molar-refractivity contribution in [3.8, 4) is 0 Å². The van der Waals surface area contributed by atoms with Gasteiger partial charge >= 0.3 is 5.97 Å². The quantitative estimate of drug-likeness (QED) is 0.755. The Labute approximate surface area is 138 Å². The summed E-state index contributed by atoms with van der Waals surface area (Å²) in [6.45, 7) is 3.38. The highest BCUT2D eigenvalue weighted by Crippen LogP contribution is 2.40. The number of nitrogens with one attached hydrogen (secondary N) is 2. The average Bonchev–Trinajstić information content (AvgIpc) is 3.12. The van der Waals surface area contributed by atoms with E-state index in [2.05, 4.69) is 10.3 Å². The minimum atomic E-state index is -1.33. The molecule has 1 aliphatic rings. The second-order valence-corrected chi connectivity index (χ2v) is 6.12. The monoisotopic (exact) mass is 330 g/mol. The van der Waals surface area contributed by atoms with Crippen LogP contribution in [-0.4, -0.2) is 22.0 Å². The lowest BCUT2D eigenvalue weighted by Gasteiger charge is -2.20. The molecule has 23 heavy (non-hydrogen) atoms. The molecule has 3 N–H and O–H groups in total. The standard InChI is InChI=1S/C17H15ClN2O3/c1-9-12(18)3-4-13-14(9)11(15(21)20-13)7-17(2,16(22)23)10-5-6-19-8-10/h3-8,19H,1-2H3,(H,20,21)(H,22,23). The van der Waals surface area contributed by atoms with Crippen molar-refractivity contribution in [1.29, 1.82) is 0 Å². The van der Waals surface area contributed by atoms with Crippen molar-refractivity contribution in [2.24, 2.45) is 0 Å². The van der Waals surface area contributed by atoms with Crippen LogP contribution in [0.4, 0.5) is 5.69 Å². The third-order valence-electron chi connectivity index (χ3n) is 4.24. The molecule has 1 aromatic heterocycles. The predicted octanol–water partition coefficient (Wildman–Crippen LogP) is 3.35. The molecule has 0 saturated carbocycles. The summed E-state index contributed by atoms with van der Waals surface area (Å²) in [6.07, 6.45) is 4.76. The first kappa shape index (κ1) is 15.4. The molecule has 3 rings (SSSR count). The van der Waals surface area contributed by atoms with Crippen LogP contribution in [0.15, 0.2) is 36.7 Å². The number of anilines is 1. The number of hydrogen-bond acceptors (Lipinski definition) is 2. The Hall–Kier alpha value is -2.53. The summed E-state index contributed by atoms with van der Waals surface area (Å²) in [4.78, 5) is 27.1. The molecule has 2 heterocycles. The fourth-order valence-electron chi connectivity index (χ4n) is 2.78. The van der Waals surface area contributed by atoms with E-state index in [0.29, 0.717) is 27.4 Å². The molecule has 1 atom stereocenters. The summed E-state index contributed by atoms with van der Waals surface area (Å²) < 4.78 is 0. The third kappa shape index (κ3) is 2.33. The number of aromatic nitrogens is 1. The Balaban J connectivity index is 2.22. The number of benzene rings is 1. The zero-order chi connectivity index (χ0) is 16.8. The van der Waals surface area contributed by atoms with Crippen LogP contribution in [0, 0.1) is 6.92 Å². The molecular formula is C17H15ClN2O3. The highest BCUT2D eigenvalue weighted by Gasteiger charge is 2.37. The molecule has 2 aromatic rings. The van der Waals surface area contributed by atoms with E-state index < -0.39 is 11.4 Å². The molecule has 1 aliphatic heterocycles. The van der Waals surface area contributed by atoms with Gasteiger partial charge in [-0.3, -0.25) is 9.59 Å². The maximum Gasteiger partial charge on any atom is 0.317 e. The van der Waals surface area contributed by atoms with Gasteiger partial charge in [0, 0.05) is 34.2 Å². The number of H-pyrrole nitrogens is 1. The van der Waals surface area contributed by atoms with Crippen molar-refractivity contribution >= 4 is 34.7 Å². The Kier molecular flexibility index (Phi) is 3.53. The predicted molar refractivity (Wildman–Crippen MR) is 88.6 cm³/mol. The van der Waals surface area contributed by atoms with Gasteiger partial charge in [-0.15, -0.1) is 0 Å². The summed E-state index contributed by atoms with van der Waals surface area (Å²) in [5.74, 6) is -1.36. The Bertz CT molecular complexity index is 840. The van der Waals surface area contributed by atoms with Gasteiger partial charge < -0.3 is 15.4 Å². The summed E-state index contributed by atoms with van der Waals surface area (Å²) >= 11 is 6.15. The SMILES string of the molecule is Cc1c(Cl)ccc2c1C(=CC(C)(C(=O)O)c1cc[nH]c1)C(=O)N2. The molecule has 0 spiro atoms. The van der Waals surface area contributed by atoms with Crippen LogP contribution >= 0.6 is 11.6 Å². The molecule has 5 nitrogen and oxygen atoms in total. The zero-order valence-corrected chi connectivity index (χ0v) is 13.4. The van der Waals surface area contributed by atoms with Crippen LogP contribution in [-0.2, 0) is 15.0 Å². The number of halogens is 1. The topological polar surface area (TPSA) is 82.2 Å². The van der Waals surface area contributed by atoms with Crippen LogP contribution in [0.1, 0.15) is 23.6 Å². The van der Waals surface area contributed by atoms with Crippen molar-refractivity contribution in [2.45, 2.75) is 19.3 Å². The number of fused-ring (bicyclic) bond motifs is 1. The van der Waals surface area contributed by atoms with Crippen molar-refractivity contribution in [3.05, 3.63) is 58.4 Å². The fraction of sp³-hybridized carbons (Fsp3) is 0.176.